The summed E-state index contributed by atoms with van der Waals surface area (Å²) >= 11 is 0. The molecule has 8 nitrogen and oxygen atoms in total. The Balaban J connectivity index is 2.57. The first-order valence-corrected chi connectivity index (χ1v) is 5.33. The summed E-state index contributed by atoms with van der Waals surface area (Å²) in [6.07, 6.45) is 0. The average Bonchev–Trinajstić information content (AvgIpc) is 2.37. The van der Waals surface area contributed by atoms with Crippen LogP contribution in [0.2, 0.25) is 0 Å². The second-order valence-corrected chi connectivity index (χ2v) is 3.78. The number of anilines is 3. The molecular formula is C11H11N5O3. The quantitative estimate of drug-likeness (QED) is 0.629. The Bertz CT molecular complexity index is 681. The van der Waals surface area contributed by atoms with E-state index < -0.39 is 16.2 Å². The number of aromatic nitrogens is 2. The fraction of sp³-hybridized carbons (Fsp3) is 0.0909. The zero-order valence-electron chi connectivity index (χ0n) is 10.0. The van der Waals surface area contributed by atoms with E-state index in [1.54, 1.807) is 30.3 Å². The van der Waals surface area contributed by atoms with Crippen molar-refractivity contribution in [2.75, 3.05) is 11.1 Å². The van der Waals surface area contributed by atoms with Crippen molar-refractivity contribution in [3.63, 3.8) is 0 Å². The standard InChI is InChI=1S/C11H11N5O3/c1-15-10(17)8(16(18)19)9(14-11(15)12)13-7-5-3-2-4-6-7/h2-6,13H,1H3,(H2,12,14). The second-order valence-electron chi connectivity index (χ2n) is 3.78. The molecule has 1 heterocycles. The molecule has 0 bridgehead atoms. The van der Waals surface area contributed by atoms with E-state index in [1.165, 1.54) is 7.05 Å². The Kier molecular flexibility index (Phi) is 3.15. The molecule has 0 amide bonds. The van der Waals surface area contributed by atoms with Gasteiger partial charge in [0, 0.05) is 12.7 Å². The van der Waals surface area contributed by atoms with Crippen molar-refractivity contribution in [2.45, 2.75) is 0 Å². The molecule has 1 aromatic heterocycles. The first-order chi connectivity index (χ1) is 9.00. The number of nitrogens with two attached hydrogens (primary N) is 1. The number of benzene rings is 1. The maximum atomic E-state index is 11.8. The highest BCUT2D eigenvalue weighted by molar-refractivity contribution is 5.65. The molecule has 1 aromatic carbocycles. The summed E-state index contributed by atoms with van der Waals surface area (Å²) in [5.41, 5.74) is 4.66. The normalized spacial score (nSPS) is 10.2. The van der Waals surface area contributed by atoms with Crippen LogP contribution < -0.4 is 16.6 Å². The van der Waals surface area contributed by atoms with E-state index in [9.17, 15) is 14.9 Å². The summed E-state index contributed by atoms with van der Waals surface area (Å²) in [7, 11) is 1.32. The number of nitrogens with one attached hydrogen (secondary N) is 1. The highest BCUT2D eigenvalue weighted by Gasteiger charge is 2.24. The molecule has 2 aromatic rings. The van der Waals surface area contributed by atoms with Crippen molar-refractivity contribution in [3.05, 3.63) is 50.8 Å². The predicted molar refractivity (Wildman–Crippen MR) is 70.3 cm³/mol. The molecule has 0 fully saturated rings. The van der Waals surface area contributed by atoms with E-state index in [2.05, 4.69) is 10.3 Å². The van der Waals surface area contributed by atoms with Crippen LogP contribution in [-0.4, -0.2) is 14.5 Å². The summed E-state index contributed by atoms with van der Waals surface area (Å²) in [6.45, 7) is 0. The molecule has 0 unspecified atom stereocenters. The van der Waals surface area contributed by atoms with Crippen LogP contribution in [0.4, 0.5) is 23.1 Å². The summed E-state index contributed by atoms with van der Waals surface area (Å²) in [6, 6.07) is 8.68. The Morgan fingerprint density at radius 3 is 2.58 bits per heavy atom. The number of hydrogen-bond acceptors (Lipinski definition) is 6. The Morgan fingerprint density at radius 1 is 1.37 bits per heavy atom. The monoisotopic (exact) mass is 261 g/mol. The maximum Gasteiger partial charge on any atom is 0.376 e. The smallest absolute Gasteiger partial charge is 0.369 e. The van der Waals surface area contributed by atoms with Crippen molar-refractivity contribution in [2.24, 2.45) is 7.05 Å². The minimum atomic E-state index is -0.809. The lowest BCUT2D eigenvalue weighted by Crippen LogP contribution is -2.25. The summed E-state index contributed by atoms with van der Waals surface area (Å²) < 4.78 is 0.925. The van der Waals surface area contributed by atoms with Crippen molar-refractivity contribution in [1.29, 1.82) is 0 Å². The zero-order valence-corrected chi connectivity index (χ0v) is 10.0. The molecule has 0 spiro atoms. The van der Waals surface area contributed by atoms with Crippen molar-refractivity contribution < 1.29 is 4.92 Å². The molecule has 8 heteroatoms. The molecule has 3 N–H and O–H groups in total. The molecule has 0 saturated heterocycles. The van der Waals surface area contributed by atoms with Crippen LogP contribution >= 0.6 is 0 Å². The van der Waals surface area contributed by atoms with Crippen LogP contribution in [0, 0.1) is 10.1 Å². The van der Waals surface area contributed by atoms with Gasteiger partial charge in [0.1, 0.15) is 0 Å². The zero-order chi connectivity index (χ0) is 14.0. The van der Waals surface area contributed by atoms with Crippen LogP contribution in [0.15, 0.2) is 35.1 Å². The van der Waals surface area contributed by atoms with Gasteiger partial charge in [-0.1, -0.05) is 18.2 Å². The third-order valence-electron chi connectivity index (χ3n) is 2.52. The van der Waals surface area contributed by atoms with Crippen LogP contribution in [0.5, 0.6) is 0 Å². The van der Waals surface area contributed by atoms with Crippen LogP contribution in [0.3, 0.4) is 0 Å². The van der Waals surface area contributed by atoms with Gasteiger partial charge in [-0.3, -0.25) is 19.5 Å². The molecule has 2 rings (SSSR count). The van der Waals surface area contributed by atoms with Gasteiger partial charge in [-0.15, -0.1) is 0 Å². The van der Waals surface area contributed by atoms with E-state index in [4.69, 9.17) is 5.73 Å². The molecular weight excluding hydrogens is 250 g/mol. The maximum absolute atomic E-state index is 11.8. The summed E-state index contributed by atoms with van der Waals surface area (Å²) in [4.78, 5) is 25.8. The fourth-order valence-corrected chi connectivity index (χ4v) is 1.52. The van der Waals surface area contributed by atoms with Gasteiger partial charge < -0.3 is 11.1 Å². The largest absolute Gasteiger partial charge is 0.376 e. The van der Waals surface area contributed by atoms with Gasteiger partial charge in [-0.2, -0.15) is 4.98 Å². The lowest BCUT2D eigenvalue weighted by Gasteiger charge is -2.08. The molecule has 0 aliphatic carbocycles. The molecule has 0 atom stereocenters. The molecule has 98 valence electrons. The molecule has 19 heavy (non-hydrogen) atoms. The number of rotatable bonds is 3. The molecule has 0 aliphatic heterocycles. The predicted octanol–water partition coefficient (Wildman–Crippen LogP) is 1.01. The van der Waals surface area contributed by atoms with Gasteiger partial charge in [0.15, 0.2) is 0 Å². The van der Waals surface area contributed by atoms with E-state index in [-0.39, 0.29) is 11.8 Å². The van der Waals surface area contributed by atoms with Crippen LogP contribution in [-0.2, 0) is 7.05 Å². The van der Waals surface area contributed by atoms with Gasteiger partial charge >= 0.3 is 11.2 Å². The van der Waals surface area contributed by atoms with Gasteiger partial charge in [-0.05, 0) is 12.1 Å². The minimum absolute atomic E-state index is 0.103. The SMILES string of the molecule is Cn1c(N)nc(Nc2ccccc2)c([N+](=O)[O-])c1=O. The van der Waals surface area contributed by atoms with Gasteiger partial charge in [0.25, 0.3) is 0 Å². The topological polar surface area (TPSA) is 116 Å². The lowest BCUT2D eigenvalue weighted by atomic mass is 10.3. The summed E-state index contributed by atoms with van der Waals surface area (Å²) in [5, 5.41) is 13.7. The number of para-hydroxylation sites is 1. The Labute approximate surface area is 107 Å². The highest BCUT2D eigenvalue weighted by atomic mass is 16.6. The third kappa shape index (κ3) is 2.37. The van der Waals surface area contributed by atoms with E-state index in [0.717, 1.165) is 4.57 Å². The molecule has 0 aliphatic rings. The number of nitrogens with zero attached hydrogens (tertiary/aromatic N) is 3. The van der Waals surface area contributed by atoms with Crippen LogP contribution in [0.25, 0.3) is 0 Å². The van der Waals surface area contributed by atoms with Gasteiger partial charge in [0.05, 0.1) is 4.92 Å². The van der Waals surface area contributed by atoms with E-state index >= 15 is 0 Å². The van der Waals surface area contributed by atoms with E-state index in [1.807, 2.05) is 0 Å². The Morgan fingerprint density at radius 2 is 2.00 bits per heavy atom. The van der Waals surface area contributed by atoms with Gasteiger partial charge in [-0.25, -0.2) is 0 Å². The van der Waals surface area contributed by atoms with Crippen LogP contribution in [0.1, 0.15) is 0 Å². The molecule has 0 saturated carbocycles. The number of hydrogen-bond donors (Lipinski definition) is 2. The number of nitrogen functional groups attached to an aromatic ring is 1. The van der Waals surface area contributed by atoms with Crippen molar-refractivity contribution in [3.8, 4) is 0 Å². The second kappa shape index (κ2) is 4.77. The first-order valence-electron chi connectivity index (χ1n) is 5.33. The number of nitro groups is 1. The fourth-order valence-electron chi connectivity index (χ4n) is 1.52. The average molecular weight is 261 g/mol. The highest BCUT2D eigenvalue weighted by Crippen LogP contribution is 2.22. The minimum Gasteiger partial charge on any atom is -0.369 e. The third-order valence-corrected chi connectivity index (χ3v) is 2.52. The van der Waals surface area contributed by atoms with Crippen molar-refractivity contribution in [1.82, 2.24) is 9.55 Å². The first kappa shape index (κ1) is 12.6. The molecule has 0 radical (unpaired) electrons. The summed E-state index contributed by atoms with van der Waals surface area (Å²) in [5.74, 6) is -0.272. The lowest BCUT2D eigenvalue weighted by molar-refractivity contribution is -0.385. The van der Waals surface area contributed by atoms with Crippen molar-refractivity contribution >= 4 is 23.1 Å². The van der Waals surface area contributed by atoms with Gasteiger partial charge in [0.2, 0.25) is 11.8 Å². The van der Waals surface area contributed by atoms with E-state index in [0.29, 0.717) is 5.69 Å². The Hall–Kier alpha value is -2.90.